The number of aromatic nitrogens is 2. The normalized spacial score (nSPS) is 17.0. The van der Waals surface area contributed by atoms with Crippen molar-refractivity contribution in [2.24, 2.45) is 0 Å². The van der Waals surface area contributed by atoms with Crippen LogP contribution in [-0.2, 0) is 6.54 Å². The van der Waals surface area contributed by atoms with Gasteiger partial charge in [-0.15, -0.1) is 0 Å². The molecule has 0 bridgehead atoms. The van der Waals surface area contributed by atoms with E-state index in [4.69, 9.17) is 4.74 Å². The molecule has 2 unspecified atom stereocenters. The molecule has 4 nitrogen and oxygen atoms in total. The highest BCUT2D eigenvalue weighted by Crippen LogP contribution is 2.29. The van der Waals surface area contributed by atoms with E-state index in [9.17, 15) is 5.11 Å². The summed E-state index contributed by atoms with van der Waals surface area (Å²) in [6.45, 7) is 2.79. The second kappa shape index (κ2) is 8.59. The molecule has 0 spiro atoms. The summed E-state index contributed by atoms with van der Waals surface area (Å²) in [4.78, 5) is 3.34. The average molecular weight is 385 g/mol. The number of halogens is 1. The highest BCUT2D eigenvalue weighted by Gasteiger charge is 2.18. The third-order valence-electron chi connectivity index (χ3n) is 5.07. The lowest BCUT2D eigenvalue weighted by molar-refractivity contribution is -0.684. The van der Waals surface area contributed by atoms with Gasteiger partial charge in [0.05, 0.1) is 0 Å². The third kappa shape index (κ3) is 4.34. The summed E-state index contributed by atoms with van der Waals surface area (Å²) in [6.07, 6.45) is 6.31. The van der Waals surface area contributed by atoms with Crippen LogP contribution in [0, 0.1) is 6.92 Å². The van der Waals surface area contributed by atoms with Crippen LogP contribution in [0.4, 0.5) is 0 Å². The number of nitrogens with zero attached hydrogens (tertiary/aromatic N) is 1. The van der Waals surface area contributed by atoms with Crippen molar-refractivity contribution in [3.8, 4) is 5.75 Å². The molecular weight excluding hydrogens is 360 g/mol. The number of nitrogens with one attached hydrogen (secondary N) is 1. The lowest BCUT2D eigenvalue weighted by atomic mass is 9.99. The number of benzene rings is 2. The fourth-order valence-electron chi connectivity index (χ4n) is 3.67. The molecule has 27 heavy (non-hydrogen) atoms. The Morgan fingerprint density at radius 1 is 1.19 bits per heavy atom. The molecule has 0 amide bonds. The summed E-state index contributed by atoms with van der Waals surface area (Å²) in [5.41, 5.74) is 3.50. The molecule has 2 atom stereocenters. The lowest BCUT2D eigenvalue weighted by Crippen LogP contribution is -3.00. The minimum Gasteiger partial charge on any atom is -1.00 e. The van der Waals surface area contributed by atoms with Crippen LogP contribution >= 0.6 is 0 Å². The SMILES string of the molecule is Cc1[nH]c2ccccc2[n+]1CC(O)COc1ccc(C2C=CCC2)cc1.[Cl-]. The minimum atomic E-state index is -0.574. The second-order valence-electron chi connectivity index (χ2n) is 6.98. The van der Waals surface area contributed by atoms with E-state index < -0.39 is 6.10 Å². The third-order valence-corrected chi connectivity index (χ3v) is 5.07. The average Bonchev–Trinajstić information content (AvgIpc) is 3.29. The first-order valence-electron chi connectivity index (χ1n) is 9.25. The Morgan fingerprint density at radius 2 is 1.96 bits per heavy atom. The van der Waals surface area contributed by atoms with Gasteiger partial charge in [-0.05, 0) is 42.7 Å². The predicted octanol–water partition coefficient (Wildman–Crippen LogP) is 0.641. The van der Waals surface area contributed by atoms with E-state index in [1.807, 2.05) is 37.3 Å². The summed E-state index contributed by atoms with van der Waals surface area (Å²) >= 11 is 0. The molecule has 3 aromatic rings. The summed E-state index contributed by atoms with van der Waals surface area (Å²) in [7, 11) is 0. The van der Waals surface area contributed by atoms with Crippen molar-refractivity contribution >= 4 is 11.0 Å². The van der Waals surface area contributed by atoms with Gasteiger partial charge < -0.3 is 22.3 Å². The van der Waals surface area contributed by atoms with Gasteiger partial charge in [-0.1, -0.05) is 36.4 Å². The number of H-pyrrole nitrogens is 1. The molecule has 4 rings (SSSR count). The molecule has 1 aliphatic carbocycles. The number of aliphatic hydroxyl groups excluding tert-OH is 1. The van der Waals surface area contributed by atoms with E-state index in [0.717, 1.165) is 22.6 Å². The smallest absolute Gasteiger partial charge is 0.252 e. The van der Waals surface area contributed by atoms with E-state index in [-0.39, 0.29) is 19.0 Å². The van der Waals surface area contributed by atoms with E-state index >= 15 is 0 Å². The van der Waals surface area contributed by atoms with Gasteiger partial charge in [0.2, 0.25) is 0 Å². The van der Waals surface area contributed by atoms with Gasteiger partial charge in [0.1, 0.15) is 25.0 Å². The maximum Gasteiger partial charge on any atom is 0.252 e. The Kier molecular flexibility index (Phi) is 6.19. The molecule has 1 aromatic heterocycles. The molecular formula is C22H25ClN2O2. The van der Waals surface area contributed by atoms with Gasteiger partial charge in [-0.25, -0.2) is 9.55 Å². The van der Waals surface area contributed by atoms with Crippen molar-refractivity contribution in [3.63, 3.8) is 0 Å². The highest BCUT2D eigenvalue weighted by molar-refractivity contribution is 5.70. The number of allylic oxidation sites excluding steroid dienone is 2. The number of rotatable bonds is 6. The number of hydrogen-bond acceptors (Lipinski definition) is 2. The molecule has 0 saturated heterocycles. The number of para-hydroxylation sites is 2. The van der Waals surface area contributed by atoms with Crippen molar-refractivity contribution in [2.75, 3.05) is 6.61 Å². The first kappa shape index (κ1) is 19.5. The van der Waals surface area contributed by atoms with E-state index in [1.54, 1.807) is 0 Å². The zero-order chi connectivity index (χ0) is 17.9. The number of aryl methyl sites for hydroxylation is 1. The van der Waals surface area contributed by atoms with Crippen molar-refractivity contribution in [3.05, 3.63) is 72.1 Å². The van der Waals surface area contributed by atoms with E-state index in [2.05, 4.69) is 39.9 Å². The second-order valence-corrected chi connectivity index (χ2v) is 6.98. The van der Waals surface area contributed by atoms with Gasteiger partial charge in [-0.2, -0.15) is 0 Å². The molecule has 2 aromatic carbocycles. The van der Waals surface area contributed by atoms with Gasteiger partial charge in [0, 0.05) is 12.8 Å². The van der Waals surface area contributed by atoms with Gasteiger partial charge in [0.15, 0.2) is 11.0 Å². The van der Waals surface area contributed by atoms with E-state index in [1.165, 1.54) is 18.4 Å². The quantitative estimate of drug-likeness (QED) is 0.484. The fraction of sp³-hybridized carbons (Fsp3) is 0.318. The van der Waals surface area contributed by atoms with Gasteiger partial charge in [0.25, 0.3) is 5.82 Å². The zero-order valence-corrected chi connectivity index (χ0v) is 16.2. The number of aromatic amines is 1. The Balaban J connectivity index is 0.00000210. The number of ether oxygens (including phenoxy) is 1. The van der Waals surface area contributed by atoms with Crippen LogP contribution in [0.25, 0.3) is 11.0 Å². The largest absolute Gasteiger partial charge is 1.00 e. The molecule has 1 heterocycles. The zero-order valence-electron chi connectivity index (χ0n) is 15.4. The van der Waals surface area contributed by atoms with Gasteiger partial charge >= 0.3 is 0 Å². The van der Waals surface area contributed by atoms with Gasteiger partial charge in [-0.3, -0.25) is 0 Å². The molecule has 2 N–H and O–H groups in total. The molecule has 1 aliphatic rings. The summed E-state index contributed by atoms with van der Waals surface area (Å²) < 4.78 is 7.89. The van der Waals surface area contributed by atoms with Crippen LogP contribution in [0.2, 0.25) is 0 Å². The van der Waals surface area contributed by atoms with E-state index in [0.29, 0.717) is 12.5 Å². The molecule has 0 saturated carbocycles. The van der Waals surface area contributed by atoms with Crippen molar-refractivity contribution < 1.29 is 26.8 Å². The van der Waals surface area contributed by atoms with Crippen LogP contribution in [0.1, 0.15) is 30.1 Å². The monoisotopic (exact) mass is 384 g/mol. The number of imidazole rings is 1. The predicted molar refractivity (Wildman–Crippen MR) is 102 cm³/mol. The minimum absolute atomic E-state index is 0. The topological polar surface area (TPSA) is 49.1 Å². The molecule has 5 heteroatoms. The summed E-state index contributed by atoms with van der Waals surface area (Å²) in [5, 5.41) is 10.4. The molecule has 0 fully saturated rings. The van der Waals surface area contributed by atoms with Crippen LogP contribution in [0.3, 0.4) is 0 Å². The van der Waals surface area contributed by atoms with Crippen molar-refractivity contribution in [2.45, 2.75) is 38.3 Å². The van der Waals surface area contributed by atoms with Crippen LogP contribution in [0.5, 0.6) is 5.75 Å². The van der Waals surface area contributed by atoms with Crippen LogP contribution in [-0.4, -0.2) is 22.8 Å². The maximum absolute atomic E-state index is 10.4. The summed E-state index contributed by atoms with van der Waals surface area (Å²) in [5.74, 6) is 2.37. The Morgan fingerprint density at radius 3 is 2.70 bits per heavy atom. The summed E-state index contributed by atoms with van der Waals surface area (Å²) in [6, 6.07) is 16.4. The highest BCUT2D eigenvalue weighted by atomic mass is 35.5. The Bertz CT molecular complexity index is 918. The Labute approximate surface area is 165 Å². The lowest BCUT2D eigenvalue weighted by Gasteiger charge is -2.13. The first-order valence-corrected chi connectivity index (χ1v) is 9.25. The first-order chi connectivity index (χ1) is 12.7. The van der Waals surface area contributed by atoms with Crippen LogP contribution in [0.15, 0.2) is 60.7 Å². The maximum atomic E-state index is 10.4. The molecule has 142 valence electrons. The Hall–Kier alpha value is -2.30. The van der Waals surface area contributed by atoms with Crippen LogP contribution < -0.4 is 21.7 Å². The standard InChI is InChI=1S/C22H24N2O2.ClH/c1-16-23-21-8-4-5-9-22(21)24(16)14-19(25)15-26-20-12-10-18(11-13-20)17-6-2-3-7-17;/h2,4-6,8-13,17,19,25H,3,7,14-15H2,1H3;1H. The van der Waals surface area contributed by atoms with Crippen molar-refractivity contribution in [1.82, 2.24) is 4.98 Å². The number of aliphatic hydroxyl groups is 1. The van der Waals surface area contributed by atoms with Crippen molar-refractivity contribution in [1.29, 1.82) is 0 Å². The fourth-order valence-corrected chi connectivity index (χ4v) is 3.67. The number of fused-ring (bicyclic) bond motifs is 1. The number of hydrogen-bond donors (Lipinski definition) is 2. The molecule has 0 radical (unpaired) electrons. The molecule has 0 aliphatic heterocycles.